The molecule has 1 saturated heterocycles. The van der Waals surface area contributed by atoms with Gasteiger partial charge in [-0.3, -0.25) is 25.1 Å². The second-order valence-electron chi connectivity index (χ2n) is 6.25. The van der Waals surface area contributed by atoms with Gasteiger partial charge in [0.1, 0.15) is 5.57 Å². The van der Waals surface area contributed by atoms with E-state index >= 15 is 0 Å². The molecule has 11 heteroatoms. The number of rotatable bonds is 6. The van der Waals surface area contributed by atoms with E-state index in [9.17, 15) is 29.6 Å². The predicted octanol–water partition coefficient (Wildman–Crippen LogP) is 1.95. The lowest BCUT2D eigenvalue weighted by atomic mass is 10.1. The molecule has 0 spiro atoms. The summed E-state index contributed by atoms with van der Waals surface area (Å²) in [6.07, 6.45) is 1.04. The molecule has 1 aliphatic heterocycles. The molecular weight excluding hydrogens is 410 g/mol. The van der Waals surface area contributed by atoms with Crippen LogP contribution in [0.15, 0.2) is 42.0 Å². The van der Waals surface area contributed by atoms with E-state index in [0.717, 1.165) is 23.2 Å². The summed E-state index contributed by atoms with van der Waals surface area (Å²) in [5.74, 6) is -2.69. The molecule has 2 aromatic rings. The van der Waals surface area contributed by atoms with E-state index < -0.39 is 34.1 Å². The average Bonchev–Trinajstić information content (AvgIpc) is 3.03. The summed E-state index contributed by atoms with van der Waals surface area (Å²) >= 11 is 0. The lowest BCUT2D eigenvalue weighted by Gasteiger charge is -2.14. The number of non-ortho nitro benzene ring substituents is 1. The van der Waals surface area contributed by atoms with Crippen LogP contribution in [0.2, 0.25) is 0 Å². The van der Waals surface area contributed by atoms with Gasteiger partial charge in [-0.25, -0.2) is 9.80 Å². The third kappa shape index (κ3) is 4.15. The van der Waals surface area contributed by atoms with Crippen LogP contribution in [0.4, 0.5) is 11.4 Å². The molecule has 160 valence electrons. The predicted molar refractivity (Wildman–Crippen MR) is 107 cm³/mol. The van der Waals surface area contributed by atoms with E-state index in [-0.39, 0.29) is 34.7 Å². The van der Waals surface area contributed by atoms with Crippen LogP contribution in [-0.2, 0) is 14.3 Å². The molecule has 2 N–H and O–H groups in total. The van der Waals surface area contributed by atoms with Gasteiger partial charge < -0.3 is 14.6 Å². The molecule has 0 unspecified atom stereocenters. The molecule has 2 amide bonds. The molecule has 1 fully saturated rings. The summed E-state index contributed by atoms with van der Waals surface area (Å²) in [4.78, 5) is 47.3. The zero-order chi connectivity index (χ0) is 22.7. The van der Waals surface area contributed by atoms with E-state index in [1.807, 2.05) is 0 Å². The van der Waals surface area contributed by atoms with Gasteiger partial charge >= 0.3 is 5.97 Å². The number of nitrogens with one attached hydrogen (secondary N) is 1. The van der Waals surface area contributed by atoms with Crippen molar-refractivity contribution in [3.05, 3.63) is 63.2 Å². The Hall–Kier alpha value is -4.41. The fourth-order valence-electron chi connectivity index (χ4n) is 2.84. The fourth-order valence-corrected chi connectivity index (χ4v) is 2.84. The number of nitro benzene ring substituents is 1. The Labute approximate surface area is 175 Å². The first-order chi connectivity index (χ1) is 14.8. The van der Waals surface area contributed by atoms with Gasteiger partial charge in [0.2, 0.25) is 0 Å². The van der Waals surface area contributed by atoms with Crippen molar-refractivity contribution in [3.8, 4) is 11.5 Å². The van der Waals surface area contributed by atoms with Crippen LogP contribution in [0.1, 0.15) is 22.8 Å². The Morgan fingerprint density at radius 1 is 1.26 bits per heavy atom. The highest BCUT2D eigenvalue weighted by molar-refractivity contribution is 6.31. The van der Waals surface area contributed by atoms with E-state index in [2.05, 4.69) is 5.43 Å². The molecule has 31 heavy (non-hydrogen) atoms. The number of nitro groups is 1. The number of ether oxygens (including phenoxy) is 2. The van der Waals surface area contributed by atoms with Crippen LogP contribution >= 0.6 is 0 Å². The Bertz CT molecular complexity index is 1110. The molecule has 3 rings (SSSR count). The molecule has 1 heterocycles. The number of hydrogen-bond acceptors (Lipinski definition) is 8. The summed E-state index contributed by atoms with van der Waals surface area (Å²) in [7, 11) is 1.21. The summed E-state index contributed by atoms with van der Waals surface area (Å²) in [5.41, 5.74) is 2.03. The number of phenols is 1. The quantitative estimate of drug-likeness (QED) is 0.234. The minimum atomic E-state index is -0.774. The number of methoxy groups -OCH3 is 1. The van der Waals surface area contributed by atoms with Crippen LogP contribution in [0, 0.1) is 10.1 Å². The van der Waals surface area contributed by atoms with Crippen molar-refractivity contribution >= 4 is 35.2 Å². The first-order valence-corrected chi connectivity index (χ1v) is 8.96. The monoisotopic (exact) mass is 427 g/mol. The number of amides is 2. The van der Waals surface area contributed by atoms with Crippen LogP contribution in [0.3, 0.4) is 0 Å². The summed E-state index contributed by atoms with van der Waals surface area (Å²) < 4.78 is 9.81. The van der Waals surface area contributed by atoms with Gasteiger partial charge in [0, 0.05) is 11.6 Å². The van der Waals surface area contributed by atoms with Crippen molar-refractivity contribution in [1.82, 2.24) is 5.43 Å². The van der Waals surface area contributed by atoms with Crippen LogP contribution in [-0.4, -0.2) is 41.5 Å². The van der Waals surface area contributed by atoms with Gasteiger partial charge in [0.25, 0.3) is 17.5 Å². The molecule has 0 saturated carbocycles. The van der Waals surface area contributed by atoms with Crippen molar-refractivity contribution in [2.75, 3.05) is 18.7 Å². The average molecular weight is 427 g/mol. The number of phenolic OH excluding ortho intramolecular Hbond substituents is 1. The van der Waals surface area contributed by atoms with Crippen molar-refractivity contribution in [3.63, 3.8) is 0 Å². The van der Waals surface area contributed by atoms with Crippen molar-refractivity contribution in [2.24, 2.45) is 0 Å². The number of benzene rings is 2. The molecule has 0 aliphatic carbocycles. The van der Waals surface area contributed by atoms with Crippen molar-refractivity contribution in [1.29, 1.82) is 0 Å². The standard InChI is InChI=1S/C20H17N3O8/c1-3-31-20(27)11-4-6-13(7-5-11)22-19(26)15(18(25)21-22)9-12-8-14(23(28)29)10-16(30-2)17(12)24/h4-10,24H,3H2,1-2H3,(H,21,25)/b15-9-. The SMILES string of the molecule is CCOC(=O)c1ccc(N2NC(=O)/C(=C/c3cc([N+](=O)[O-])cc(OC)c3O)C2=O)cc1. The number of carbonyl (C=O) groups excluding carboxylic acids is 3. The Morgan fingerprint density at radius 3 is 2.52 bits per heavy atom. The molecule has 11 nitrogen and oxygen atoms in total. The first kappa shape index (κ1) is 21.3. The van der Waals surface area contributed by atoms with Gasteiger partial charge in [-0.1, -0.05) is 0 Å². The number of aromatic hydroxyl groups is 1. The number of hydrogen-bond donors (Lipinski definition) is 2. The molecule has 0 atom stereocenters. The summed E-state index contributed by atoms with van der Waals surface area (Å²) in [6, 6.07) is 7.80. The number of hydrazine groups is 1. The van der Waals surface area contributed by atoms with E-state index in [0.29, 0.717) is 0 Å². The van der Waals surface area contributed by atoms with E-state index in [1.54, 1.807) is 6.92 Å². The number of nitrogens with zero attached hydrogens (tertiary/aromatic N) is 2. The largest absolute Gasteiger partial charge is 0.504 e. The van der Waals surface area contributed by atoms with Crippen molar-refractivity contribution < 1.29 is 33.9 Å². The Kier molecular flexibility index (Phi) is 5.86. The lowest BCUT2D eigenvalue weighted by molar-refractivity contribution is -0.385. The lowest BCUT2D eigenvalue weighted by Crippen LogP contribution is -2.35. The minimum Gasteiger partial charge on any atom is -0.504 e. The maximum atomic E-state index is 12.8. The van der Waals surface area contributed by atoms with Gasteiger partial charge in [-0.15, -0.1) is 0 Å². The normalized spacial score (nSPS) is 14.5. The molecule has 0 aromatic heterocycles. The van der Waals surface area contributed by atoms with Gasteiger partial charge in [0.15, 0.2) is 11.5 Å². The Balaban J connectivity index is 1.94. The van der Waals surface area contributed by atoms with Crippen molar-refractivity contribution in [2.45, 2.75) is 6.92 Å². The first-order valence-electron chi connectivity index (χ1n) is 8.96. The minimum absolute atomic E-state index is 0.135. The molecule has 1 aliphatic rings. The second kappa shape index (κ2) is 8.53. The third-order valence-electron chi connectivity index (χ3n) is 4.35. The summed E-state index contributed by atoms with van der Waals surface area (Å²) in [5, 5.41) is 22.3. The zero-order valence-electron chi connectivity index (χ0n) is 16.4. The zero-order valence-corrected chi connectivity index (χ0v) is 16.4. The maximum absolute atomic E-state index is 12.8. The second-order valence-corrected chi connectivity index (χ2v) is 6.25. The van der Waals surface area contributed by atoms with Gasteiger partial charge in [0.05, 0.1) is 36.0 Å². The van der Waals surface area contributed by atoms with Crippen LogP contribution in [0.25, 0.3) is 6.08 Å². The highest BCUT2D eigenvalue weighted by atomic mass is 16.6. The molecule has 0 bridgehead atoms. The van der Waals surface area contributed by atoms with Crippen LogP contribution in [0.5, 0.6) is 11.5 Å². The number of carbonyl (C=O) groups is 3. The van der Waals surface area contributed by atoms with E-state index in [4.69, 9.17) is 9.47 Å². The van der Waals surface area contributed by atoms with Gasteiger partial charge in [-0.2, -0.15) is 0 Å². The third-order valence-corrected chi connectivity index (χ3v) is 4.35. The van der Waals surface area contributed by atoms with E-state index in [1.165, 1.54) is 31.4 Å². The number of esters is 1. The topological polar surface area (TPSA) is 148 Å². The van der Waals surface area contributed by atoms with Gasteiger partial charge in [-0.05, 0) is 37.3 Å². The molecular formula is C20H17N3O8. The maximum Gasteiger partial charge on any atom is 0.338 e. The summed E-state index contributed by atoms with van der Waals surface area (Å²) in [6.45, 7) is 1.89. The van der Waals surface area contributed by atoms with Crippen LogP contribution < -0.4 is 15.2 Å². The molecule has 2 aromatic carbocycles. The Morgan fingerprint density at radius 2 is 1.94 bits per heavy atom. The molecule has 0 radical (unpaired) electrons. The highest BCUT2D eigenvalue weighted by Gasteiger charge is 2.35. The highest BCUT2D eigenvalue weighted by Crippen LogP contribution is 2.36. The smallest absolute Gasteiger partial charge is 0.338 e. The fraction of sp³-hybridized carbons (Fsp3) is 0.150. The number of anilines is 1.